The summed E-state index contributed by atoms with van der Waals surface area (Å²) in [5, 5.41) is 2.86. The number of rotatable bonds is 4. The fourth-order valence-corrected chi connectivity index (χ4v) is 3.72. The molecule has 2 aromatic carbocycles. The lowest BCUT2D eigenvalue weighted by atomic mass is 10.00. The molecule has 1 aromatic heterocycles. The van der Waals surface area contributed by atoms with E-state index in [0.29, 0.717) is 35.8 Å². The van der Waals surface area contributed by atoms with Crippen LogP contribution in [0, 0.1) is 11.6 Å². The van der Waals surface area contributed by atoms with Crippen molar-refractivity contribution in [2.75, 3.05) is 26.1 Å². The Morgan fingerprint density at radius 3 is 2.60 bits per heavy atom. The van der Waals surface area contributed by atoms with Gasteiger partial charge in [0.25, 0.3) is 0 Å². The first-order valence-corrected chi connectivity index (χ1v) is 9.41. The minimum absolute atomic E-state index is 0.374. The second-order valence-corrected chi connectivity index (χ2v) is 6.89. The number of ether oxygens (including phenoxy) is 2. The van der Waals surface area contributed by atoms with E-state index in [1.165, 1.54) is 13.2 Å². The molecule has 2 heterocycles. The van der Waals surface area contributed by atoms with Gasteiger partial charge in [-0.2, -0.15) is 0 Å². The van der Waals surface area contributed by atoms with Gasteiger partial charge in [0, 0.05) is 31.0 Å². The van der Waals surface area contributed by atoms with E-state index in [-0.39, 0.29) is 6.03 Å². The SMILES string of the molecule is COc1ccc(NC(=O)N2CCn3cccc3C2c2ccc(F)c(F)c2)c(OC)c1. The van der Waals surface area contributed by atoms with Crippen molar-refractivity contribution in [2.24, 2.45) is 0 Å². The normalized spacial score (nSPS) is 15.5. The van der Waals surface area contributed by atoms with Gasteiger partial charge in [-0.1, -0.05) is 6.07 Å². The maximum absolute atomic E-state index is 14.0. The highest BCUT2D eigenvalue weighted by molar-refractivity contribution is 5.91. The highest BCUT2D eigenvalue weighted by atomic mass is 19.2. The van der Waals surface area contributed by atoms with Crippen LogP contribution in [0.2, 0.25) is 0 Å². The molecule has 1 N–H and O–H groups in total. The quantitative estimate of drug-likeness (QED) is 0.689. The van der Waals surface area contributed by atoms with Crippen molar-refractivity contribution in [3.8, 4) is 11.5 Å². The van der Waals surface area contributed by atoms with Crippen molar-refractivity contribution in [2.45, 2.75) is 12.6 Å². The molecule has 1 aliphatic heterocycles. The first-order chi connectivity index (χ1) is 14.5. The van der Waals surface area contributed by atoms with Crippen LogP contribution in [0.15, 0.2) is 54.7 Å². The van der Waals surface area contributed by atoms with Gasteiger partial charge in [0.05, 0.1) is 25.9 Å². The highest BCUT2D eigenvalue weighted by Gasteiger charge is 2.33. The van der Waals surface area contributed by atoms with E-state index in [9.17, 15) is 13.6 Å². The molecule has 0 fully saturated rings. The molecule has 8 heteroatoms. The van der Waals surface area contributed by atoms with E-state index in [0.717, 1.165) is 17.8 Å². The second-order valence-electron chi connectivity index (χ2n) is 6.89. The lowest BCUT2D eigenvalue weighted by Gasteiger charge is -2.37. The van der Waals surface area contributed by atoms with Gasteiger partial charge in [0.1, 0.15) is 11.5 Å². The Balaban J connectivity index is 1.68. The molecule has 30 heavy (non-hydrogen) atoms. The molecule has 0 radical (unpaired) electrons. The van der Waals surface area contributed by atoms with E-state index < -0.39 is 17.7 Å². The number of carbonyl (C=O) groups excluding carboxylic acids is 1. The number of nitrogens with one attached hydrogen (secondary N) is 1. The number of aromatic nitrogens is 1. The second kappa shape index (κ2) is 8.06. The topological polar surface area (TPSA) is 55.7 Å². The number of nitrogens with zero attached hydrogens (tertiary/aromatic N) is 2. The van der Waals surface area contributed by atoms with E-state index in [4.69, 9.17) is 9.47 Å². The standard InChI is InChI=1S/C22H21F2N3O3/c1-29-15-6-8-18(20(13-15)30-2)25-22(28)27-11-10-26-9-3-4-19(26)21(27)14-5-7-16(23)17(24)12-14/h3-9,12-13,21H,10-11H2,1-2H3,(H,25,28). The minimum atomic E-state index is -0.951. The average molecular weight is 413 g/mol. The molecular weight excluding hydrogens is 392 g/mol. The number of hydrogen-bond acceptors (Lipinski definition) is 3. The molecule has 2 amide bonds. The summed E-state index contributed by atoms with van der Waals surface area (Å²) in [6.45, 7) is 0.991. The summed E-state index contributed by atoms with van der Waals surface area (Å²) < 4.78 is 40.0. The van der Waals surface area contributed by atoms with Gasteiger partial charge in [-0.15, -0.1) is 0 Å². The van der Waals surface area contributed by atoms with Crippen LogP contribution < -0.4 is 14.8 Å². The van der Waals surface area contributed by atoms with Gasteiger partial charge in [0.15, 0.2) is 11.6 Å². The predicted octanol–water partition coefficient (Wildman–Crippen LogP) is 4.42. The zero-order valence-electron chi connectivity index (χ0n) is 16.6. The van der Waals surface area contributed by atoms with Crippen molar-refractivity contribution in [3.63, 3.8) is 0 Å². The smallest absolute Gasteiger partial charge is 0.322 e. The molecule has 0 saturated heterocycles. The Labute approximate surface area is 172 Å². The Morgan fingerprint density at radius 2 is 1.87 bits per heavy atom. The number of fused-ring (bicyclic) bond motifs is 1. The van der Waals surface area contributed by atoms with Crippen LogP contribution in [-0.2, 0) is 6.54 Å². The average Bonchev–Trinajstić information content (AvgIpc) is 3.24. The molecule has 4 rings (SSSR count). The van der Waals surface area contributed by atoms with Gasteiger partial charge in [-0.25, -0.2) is 13.6 Å². The fraction of sp³-hybridized carbons (Fsp3) is 0.227. The van der Waals surface area contributed by atoms with Crippen molar-refractivity contribution < 1.29 is 23.0 Å². The van der Waals surface area contributed by atoms with Crippen molar-refractivity contribution >= 4 is 11.7 Å². The van der Waals surface area contributed by atoms with Gasteiger partial charge in [-0.05, 0) is 42.0 Å². The molecule has 0 spiro atoms. The maximum Gasteiger partial charge on any atom is 0.322 e. The molecule has 156 valence electrons. The van der Waals surface area contributed by atoms with E-state index in [1.54, 1.807) is 30.2 Å². The number of benzene rings is 2. The number of halogens is 2. The Hall–Kier alpha value is -3.55. The molecular formula is C22H21F2N3O3. The van der Waals surface area contributed by atoms with Gasteiger partial charge in [0.2, 0.25) is 0 Å². The minimum Gasteiger partial charge on any atom is -0.497 e. The first-order valence-electron chi connectivity index (χ1n) is 9.41. The summed E-state index contributed by atoms with van der Waals surface area (Å²) in [7, 11) is 3.05. The van der Waals surface area contributed by atoms with Crippen molar-refractivity contribution in [1.82, 2.24) is 9.47 Å². The summed E-state index contributed by atoms with van der Waals surface area (Å²) in [5.74, 6) is -0.829. The van der Waals surface area contributed by atoms with E-state index in [2.05, 4.69) is 5.32 Å². The third kappa shape index (κ3) is 3.56. The fourth-order valence-electron chi connectivity index (χ4n) is 3.72. The Morgan fingerprint density at radius 1 is 1.03 bits per heavy atom. The van der Waals surface area contributed by atoms with Crippen LogP contribution in [0.3, 0.4) is 0 Å². The number of amides is 2. The number of methoxy groups -OCH3 is 2. The zero-order valence-corrected chi connectivity index (χ0v) is 16.6. The zero-order chi connectivity index (χ0) is 21.3. The molecule has 0 bridgehead atoms. The lowest BCUT2D eigenvalue weighted by Crippen LogP contribution is -2.44. The Kier molecular flexibility index (Phi) is 5.31. The van der Waals surface area contributed by atoms with Crippen LogP contribution in [0.1, 0.15) is 17.3 Å². The van der Waals surface area contributed by atoms with E-state index >= 15 is 0 Å². The van der Waals surface area contributed by atoms with Crippen LogP contribution >= 0.6 is 0 Å². The Bertz CT molecular complexity index is 1080. The third-order valence-corrected chi connectivity index (χ3v) is 5.21. The summed E-state index contributed by atoms with van der Waals surface area (Å²) in [5.41, 5.74) is 1.79. The van der Waals surface area contributed by atoms with E-state index in [1.807, 2.05) is 22.9 Å². The molecule has 1 aliphatic rings. The predicted molar refractivity (Wildman–Crippen MR) is 108 cm³/mol. The third-order valence-electron chi connectivity index (χ3n) is 5.21. The first kappa shape index (κ1) is 19.8. The van der Waals surface area contributed by atoms with Gasteiger partial charge < -0.3 is 24.3 Å². The lowest BCUT2D eigenvalue weighted by molar-refractivity contribution is 0.181. The van der Waals surface area contributed by atoms with Crippen molar-refractivity contribution in [1.29, 1.82) is 0 Å². The number of hydrogen-bond donors (Lipinski definition) is 1. The molecule has 0 aliphatic carbocycles. The van der Waals surface area contributed by atoms with Gasteiger partial charge in [-0.3, -0.25) is 0 Å². The van der Waals surface area contributed by atoms with Crippen LogP contribution in [0.25, 0.3) is 0 Å². The molecule has 0 saturated carbocycles. The van der Waals surface area contributed by atoms with Crippen molar-refractivity contribution in [3.05, 3.63) is 77.6 Å². The number of anilines is 1. The summed E-state index contributed by atoms with van der Waals surface area (Å²) in [4.78, 5) is 14.8. The molecule has 3 aromatic rings. The molecule has 1 atom stereocenters. The molecule has 6 nitrogen and oxygen atoms in total. The largest absolute Gasteiger partial charge is 0.497 e. The monoisotopic (exact) mass is 413 g/mol. The summed E-state index contributed by atoms with van der Waals surface area (Å²) in [6.07, 6.45) is 1.91. The van der Waals surface area contributed by atoms with Crippen LogP contribution in [0.5, 0.6) is 11.5 Å². The van der Waals surface area contributed by atoms with Gasteiger partial charge >= 0.3 is 6.03 Å². The summed E-state index contributed by atoms with van der Waals surface area (Å²) in [6, 6.07) is 11.6. The highest BCUT2D eigenvalue weighted by Crippen LogP contribution is 2.35. The summed E-state index contributed by atoms with van der Waals surface area (Å²) >= 11 is 0. The maximum atomic E-state index is 14.0. The van der Waals surface area contributed by atoms with Crippen LogP contribution in [0.4, 0.5) is 19.3 Å². The van der Waals surface area contributed by atoms with Crippen LogP contribution in [-0.4, -0.2) is 36.3 Å². The number of urea groups is 1. The molecule has 1 unspecified atom stereocenters. The number of carbonyl (C=O) groups is 1.